The summed E-state index contributed by atoms with van der Waals surface area (Å²) in [7, 11) is 0. The highest BCUT2D eigenvalue weighted by Gasteiger charge is 2.28. The van der Waals surface area contributed by atoms with E-state index in [0.29, 0.717) is 0 Å². The summed E-state index contributed by atoms with van der Waals surface area (Å²) < 4.78 is 0. The molecule has 1 N–H and O–H groups in total. The maximum absolute atomic E-state index is 11.0. The van der Waals surface area contributed by atoms with Crippen molar-refractivity contribution >= 4 is 5.91 Å². The molecular weight excluding hydrogens is 128 g/mol. The summed E-state index contributed by atoms with van der Waals surface area (Å²) in [4.78, 5) is 13.2. The van der Waals surface area contributed by atoms with Crippen molar-refractivity contribution in [3.8, 4) is 0 Å². The lowest BCUT2D eigenvalue weighted by atomic mass is 10.2. The minimum Gasteiger partial charge on any atom is -0.342 e. The third-order valence-corrected chi connectivity index (χ3v) is 1.99. The molecule has 0 bridgehead atoms. The van der Waals surface area contributed by atoms with Crippen molar-refractivity contribution < 1.29 is 4.79 Å². The van der Waals surface area contributed by atoms with Gasteiger partial charge in [0.2, 0.25) is 5.91 Å². The Morgan fingerprint density at radius 2 is 2.40 bits per heavy atom. The van der Waals surface area contributed by atoms with Gasteiger partial charge >= 0.3 is 0 Å². The maximum atomic E-state index is 11.0. The smallest absolute Gasteiger partial charge is 0.238 e. The van der Waals surface area contributed by atoms with E-state index in [9.17, 15) is 4.79 Å². The molecule has 1 saturated heterocycles. The summed E-state index contributed by atoms with van der Waals surface area (Å²) in [5, 5.41) is 2.81. The van der Waals surface area contributed by atoms with Gasteiger partial charge in [-0.25, -0.2) is 0 Å². The Kier molecular flexibility index (Phi) is 2.27. The van der Waals surface area contributed by atoms with Crippen LogP contribution in [0.25, 0.3) is 0 Å². The van der Waals surface area contributed by atoms with Gasteiger partial charge in [0.15, 0.2) is 0 Å². The summed E-state index contributed by atoms with van der Waals surface area (Å²) in [5.74, 6) is 0.185. The highest BCUT2D eigenvalue weighted by molar-refractivity contribution is 5.83. The second-order valence-corrected chi connectivity index (χ2v) is 2.53. The molecule has 0 aromatic heterocycles. The van der Waals surface area contributed by atoms with Crippen LogP contribution in [0.3, 0.4) is 0 Å². The zero-order valence-electron chi connectivity index (χ0n) is 6.55. The molecule has 0 aromatic carbocycles. The molecule has 0 saturated carbocycles. The number of nitrogens with one attached hydrogen (secondary N) is 1. The molecule has 10 heavy (non-hydrogen) atoms. The number of carbonyl (C=O) groups is 1. The van der Waals surface area contributed by atoms with Crippen molar-refractivity contribution in [3.05, 3.63) is 0 Å². The molecule has 1 amide bonds. The second kappa shape index (κ2) is 3.01. The van der Waals surface area contributed by atoms with Crippen LogP contribution >= 0.6 is 0 Å². The molecule has 1 fully saturated rings. The van der Waals surface area contributed by atoms with Crippen LogP contribution in [0.4, 0.5) is 0 Å². The van der Waals surface area contributed by atoms with E-state index < -0.39 is 0 Å². The van der Waals surface area contributed by atoms with E-state index in [1.165, 1.54) is 0 Å². The van der Waals surface area contributed by atoms with Crippen LogP contribution in [-0.4, -0.2) is 30.1 Å². The number of rotatable bonds is 2. The zero-order valence-corrected chi connectivity index (χ0v) is 6.55. The van der Waals surface area contributed by atoms with E-state index in [1.54, 1.807) is 0 Å². The SMILES string of the molecule is CCC1C(=O)NCN1CC. The third-order valence-electron chi connectivity index (χ3n) is 1.99. The van der Waals surface area contributed by atoms with Gasteiger partial charge in [-0.05, 0) is 13.0 Å². The second-order valence-electron chi connectivity index (χ2n) is 2.53. The van der Waals surface area contributed by atoms with Gasteiger partial charge in [-0.2, -0.15) is 0 Å². The van der Waals surface area contributed by atoms with Crippen LogP contribution in [0.2, 0.25) is 0 Å². The highest BCUT2D eigenvalue weighted by atomic mass is 16.2. The van der Waals surface area contributed by atoms with E-state index in [1.807, 2.05) is 6.92 Å². The van der Waals surface area contributed by atoms with Crippen LogP contribution in [0.15, 0.2) is 0 Å². The van der Waals surface area contributed by atoms with Crippen molar-refractivity contribution in [3.63, 3.8) is 0 Å². The Bertz CT molecular complexity index is 136. The zero-order chi connectivity index (χ0) is 7.56. The summed E-state index contributed by atoms with van der Waals surface area (Å²) in [6, 6.07) is 0.130. The van der Waals surface area contributed by atoms with E-state index in [4.69, 9.17) is 0 Å². The fourth-order valence-corrected chi connectivity index (χ4v) is 1.35. The first kappa shape index (κ1) is 7.54. The predicted molar refractivity (Wildman–Crippen MR) is 39.5 cm³/mol. The number of nitrogens with zero attached hydrogens (tertiary/aromatic N) is 1. The molecule has 1 aliphatic rings. The largest absolute Gasteiger partial charge is 0.342 e. The van der Waals surface area contributed by atoms with Crippen LogP contribution in [0, 0.1) is 0 Å². The van der Waals surface area contributed by atoms with Gasteiger partial charge in [0.1, 0.15) is 0 Å². The first-order chi connectivity index (χ1) is 4.79. The molecule has 1 atom stereocenters. The third kappa shape index (κ3) is 1.14. The predicted octanol–water partition coefficient (Wildman–Crippen LogP) is 0.174. The number of hydrogen-bond acceptors (Lipinski definition) is 2. The monoisotopic (exact) mass is 142 g/mol. The lowest BCUT2D eigenvalue weighted by molar-refractivity contribution is -0.121. The van der Waals surface area contributed by atoms with Crippen LogP contribution in [0.1, 0.15) is 20.3 Å². The normalized spacial score (nSPS) is 27.0. The Hall–Kier alpha value is -0.570. The van der Waals surface area contributed by atoms with E-state index in [0.717, 1.165) is 19.6 Å². The molecule has 0 spiro atoms. The average Bonchev–Trinajstić information content (AvgIpc) is 2.30. The van der Waals surface area contributed by atoms with Gasteiger partial charge in [-0.15, -0.1) is 0 Å². The fraction of sp³-hybridized carbons (Fsp3) is 0.857. The molecule has 1 rings (SSSR count). The maximum Gasteiger partial charge on any atom is 0.238 e. The Morgan fingerprint density at radius 3 is 2.80 bits per heavy atom. The summed E-state index contributed by atoms with van der Waals surface area (Å²) in [6.45, 7) is 5.80. The van der Waals surface area contributed by atoms with E-state index in [-0.39, 0.29) is 11.9 Å². The Labute approximate surface area is 61.4 Å². The Morgan fingerprint density at radius 1 is 1.70 bits per heavy atom. The summed E-state index contributed by atoms with van der Waals surface area (Å²) in [6.07, 6.45) is 0.916. The lowest BCUT2D eigenvalue weighted by Crippen LogP contribution is -2.32. The Balaban J connectivity index is 2.54. The molecule has 0 aliphatic carbocycles. The first-order valence-electron chi connectivity index (χ1n) is 3.81. The summed E-state index contributed by atoms with van der Waals surface area (Å²) in [5.41, 5.74) is 0. The fourth-order valence-electron chi connectivity index (χ4n) is 1.35. The topological polar surface area (TPSA) is 32.3 Å². The molecule has 1 heterocycles. The van der Waals surface area contributed by atoms with Crippen molar-refractivity contribution in [2.45, 2.75) is 26.3 Å². The van der Waals surface area contributed by atoms with Crippen molar-refractivity contribution in [2.75, 3.05) is 13.2 Å². The van der Waals surface area contributed by atoms with Gasteiger partial charge in [-0.3, -0.25) is 9.69 Å². The minimum atomic E-state index is 0.130. The quantitative estimate of drug-likeness (QED) is 0.596. The minimum absolute atomic E-state index is 0.130. The molecular formula is C7H14N2O. The number of hydrogen-bond donors (Lipinski definition) is 1. The molecule has 3 heteroatoms. The standard InChI is InChI=1S/C7H14N2O/c1-3-6-7(10)8-5-9(6)4-2/h6H,3-5H2,1-2H3,(H,8,10). The number of carbonyl (C=O) groups excluding carboxylic acids is 1. The van der Waals surface area contributed by atoms with Gasteiger partial charge < -0.3 is 5.32 Å². The van der Waals surface area contributed by atoms with Gasteiger partial charge in [-0.1, -0.05) is 13.8 Å². The van der Waals surface area contributed by atoms with Crippen molar-refractivity contribution in [1.82, 2.24) is 10.2 Å². The van der Waals surface area contributed by atoms with Crippen LogP contribution < -0.4 is 5.32 Å². The van der Waals surface area contributed by atoms with Gasteiger partial charge in [0.25, 0.3) is 0 Å². The van der Waals surface area contributed by atoms with E-state index in [2.05, 4.69) is 17.1 Å². The van der Waals surface area contributed by atoms with Gasteiger partial charge in [0.05, 0.1) is 12.7 Å². The van der Waals surface area contributed by atoms with Crippen molar-refractivity contribution in [1.29, 1.82) is 0 Å². The van der Waals surface area contributed by atoms with Gasteiger partial charge in [0, 0.05) is 0 Å². The van der Waals surface area contributed by atoms with Crippen LogP contribution in [0.5, 0.6) is 0 Å². The molecule has 58 valence electrons. The van der Waals surface area contributed by atoms with Crippen LogP contribution in [-0.2, 0) is 4.79 Å². The molecule has 0 radical (unpaired) electrons. The number of amides is 1. The highest BCUT2D eigenvalue weighted by Crippen LogP contribution is 2.07. The average molecular weight is 142 g/mol. The molecule has 1 unspecified atom stereocenters. The summed E-state index contributed by atoms with van der Waals surface area (Å²) >= 11 is 0. The molecule has 1 aliphatic heterocycles. The van der Waals surface area contributed by atoms with Crippen molar-refractivity contribution in [2.24, 2.45) is 0 Å². The van der Waals surface area contributed by atoms with E-state index >= 15 is 0 Å². The first-order valence-corrected chi connectivity index (χ1v) is 3.81. The molecule has 0 aromatic rings. The lowest BCUT2D eigenvalue weighted by Gasteiger charge is -2.16. The molecule has 3 nitrogen and oxygen atoms in total. The number of likely N-dealkylation sites (N-methyl/N-ethyl adjacent to an activating group) is 1.